The van der Waals surface area contributed by atoms with Crippen LogP contribution in [-0.4, -0.2) is 38.1 Å². The first-order valence-electron chi connectivity index (χ1n) is 4.38. The maximum Gasteiger partial charge on any atom is 0.182 e. The highest BCUT2D eigenvalue weighted by molar-refractivity contribution is 4.87. The molecule has 0 aromatic heterocycles. The Morgan fingerprint density at radius 1 is 1.69 bits per heavy atom. The van der Waals surface area contributed by atoms with Crippen molar-refractivity contribution < 1.29 is 9.47 Å². The molecule has 0 bridgehead atoms. The van der Waals surface area contributed by atoms with Crippen LogP contribution in [0.25, 0.3) is 10.4 Å². The van der Waals surface area contributed by atoms with Gasteiger partial charge in [-0.05, 0) is 5.53 Å². The first-order valence-corrected chi connectivity index (χ1v) is 4.38. The summed E-state index contributed by atoms with van der Waals surface area (Å²) in [5.41, 5.74) is 8.13. The topological polar surface area (TPSA) is 79.3 Å². The summed E-state index contributed by atoms with van der Waals surface area (Å²) in [7, 11) is 0. The fraction of sp³-hybridized carbons (Fsp3) is 1.00. The van der Waals surface area contributed by atoms with E-state index in [-0.39, 0.29) is 6.10 Å². The zero-order chi connectivity index (χ0) is 9.15. The minimum atomic E-state index is -0.435. The van der Waals surface area contributed by atoms with Gasteiger partial charge < -0.3 is 14.8 Å². The van der Waals surface area contributed by atoms with Crippen molar-refractivity contribution in [2.45, 2.75) is 18.3 Å². The Hall–Kier alpha value is -0.810. The minimum Gasteiger partial charge on any atom is -0.346 e. The van der Waals surface area contributed by atoms with Gasteiger partial charge in [0.05, 0.1) is 19.3 Å². The molecule has 0 radical (unpaired) electrons. The van der Waals surface area contributed by atoms with E-state index in [1.54, 1.807) is 0 Å². The van der Waals surface area contributed by atoms with Gasteiger partial charge in [-0.2, -0.15) is 0 Å². The number of azide groups is 1. The molecule has 2 aliphatic heterocycles. The Bertz CT molecular complexity index is 233. The first-order chi connectivity index (χ1) is 6.35. The second kappa shape index (κ2) is 3.51. The van der Waals surface area contributed by atoms with Crippen LogP contribution in [0.2, 0.25) is 0 Å². The number of nitrogens with zero attached hydrogens (tertiary/aromatic N) is 3. The number of hydrogen-bond donors (Lipinski definition) is 1. The molecule has 0 aliphatic carbocycles. The van der Waals surface area contributed by atoms with Crippen LogP contribution in [0.5, 0.6) is 0 Å². The lowest BCUT2D eigenvalue weighted by atomic mass is 10.2. The molecule has 1 N–H and O–H groups in total. The monoisotopic (exact) mass is 184 g/mol. The predicted molar refractivity (Wildman–Crippen MR) is 45.1 cm³/mol. The van der Waals surface area contributed by atoms with Crippen molar-refractivity contribution in [3.05, 3.63) is 10.4 Å². The van der Waals surface area contributed by atoms with Gasteiger partial charge in [0.2, 0.25) is 0 Å². The molecule has 6 nitrogen and oxygen atoms in total. The summed E-state index contributed by atoms with van der Waals surface area (Å²) in [6, 6.07) is 0. The molecule has 2 aliphatic rings. The minimum absolute atomic E-state index is 0.0733. The number of ether oxygens (including phenoxy) is 2. The highest BCUT2D eigenvalue weighted by atomic mass is 16.7. The third-order valence-electron chi connectivity index (χ3n) is 2.34. The SMILES string of the molecule is [N-]=[N+]=NCC1COC2(CCNC2)O1. The van der Waals surface area contributed by atoms with Crippen LogP contribution in [0.1, 0.15) is 6.42 Å². The fourth-order valence-electron chi connectivity index (χ4n) is 1.70. The molecule has 2 atom stereocenters. The average molecular weight is 184 g/mol. The van der Waals surface area contributed by atoms with E-state index in [4.69, 9.17) is 15.0 Å². The lowest BCUT2D eigenvalue weighted by Crippen LogP contribution is -2.33. The summed E-state index contributed by atoms with van der Waals surface area (Å²) in [4.78, 5) is 2.69. The van der Waals surface area contributed by atoms with Crippen LogP contribution in [0.3, 0.4) is 0 Å². The Kier molecular flexibility index (Phi) is 2.37. The third kappa shape index (κ3) is 1.76. The maximum atomic E-state index is 8.13. The maximum absolute atomic E-state index is 8.13. The number of nitrogens with one attached hydrogen (secondary N) is 1. The Labute approximate surface area is 75.8 Å². The van der Waals surface area contributed by atoms with Crippen molar-refractivity contribution in [2.24, 2.45) is 5.11 Å². The summed E-state index contributed by atoms with van der Waals surface area (Å²) in [5, 5.41) is 6.64. The lowest BCUT2D eigenvalue weighted by molar-refractivity contribution is -0.150. The van der Waals surface area contributed by atoms with E-state index in [1.165, 1.54) is 0 Å². The molecule has 2 fully saturated rings. The van der Waals surface area contributed by atoms with Crippen molar-refractivity contribution in [2.75, 3.05) is 26.2 Å². The van der Waals surface area contributed by atoms with E-state index in [0.29, 0.717) is 13.2 Å². The van der Waals surface area contributed by atoms with Gasteiger partial charge in [-0.1, -0.05) is 5.11 Å². The molecule has 13 heavy (non-hydrogen) atoms. The summed E-state index contributed by atoms with van der Waals surface area (Å²) in [6.45, 7) is 2.55. The second-order valence-corrected chi connectivity index (χ2v) is 3.30. The van der Waals surface area contributed by atoms with Crippen LogP contribution in [0, 0.1) is 0 Å². The molecular formula is C7H12N4O2. The molecule has 0 aromatic rings. The van der Waals surface area contributed by atoms with Crippen LogP contribution in [-0.2, 0) is 9.47 Å². The third-order valence-corrected chi connectivity index (χ3v) is 2.34. The molecular weight excluding hydrogens is 172 g/mol. The molecule has 0 saturated carbocycles. The van der Waals surface area contributed by atoms with Crippen molar-refractivity contribution in [3.8, 4) is 0 Å². The summed E-state index contributed by atoms with van der Waals surface area (Å²) in [5.74, 6) is -0.435. The smallest absolute Gasteiger partial charge is 0.182 e. The van der Waals surface area contributed by atoms with Crippen molar-refractivity contribution in [1.82, 2.24) is 5.32 Å². The molecule has 2 heterocycles. The molecule has 0 amide bonds. The van der Waals surface area contributed by atoms with E-state index in [1.807, 2.05) is 0 Å². The molecule has 2 saturated heterocycles. The highest BCUT2D eigenvalue weighted by Crippen LogP contribution is 2.29. The predicted octanol–water partition coefficient (Wildman–Crippen LogP) is 0.402. The van der Waals surface area contributed by atoms with E-state index in [2.05, 4.69) is 15.3 Å². The van der Waals surface area contributed by atoms with Gasteiger partial charge in [0.15, 0.2) is 5.79 Å². The van der Waals surface area contributed by atoms with Crippen LogP contribution < -0.4 is 5.32 Å². The molecule has 2 rings (SSSR count). The van der Waals surface area contributed by atoms with E-state index >= 15 is 0 Å². The van der Waals surface area contributed by atoms with Gasteiger partial charge in [-0.25, -0.2) is 0 Å². The number of hydrogen-bond acceptors (Lipinski definition) is 4. The molecule has 72 valence electrons. The van der Waals surface area contributed by atoms with Crippen molar-refractivity contribution in [3.63, 3.8) is 0 Å². The van der Waals surface area contributed by atoms with Gasteiger partial charge in [0.1, 0.15) is 0 Å². The van der Waals surface area contributed by atoms with Gasteiger partial charge in [-0.15, -0.1) is 0 Å². The molecule has 2 unspecified atom stereocenters. The van der Waals surface area contributed by atoms with E-state index < -0.39 is 5.79 Å². The quantitative estimate of drug-likeness (QED) is 0.383. The number of rotatable bonds is 2. The van der Waals surface area contributed by atoms with E-state index in [9.17, 15) is 0 Å². The van der Waals surface area contributed by atoms with Crippen molar-refractivity contribution >= 4 is 0 Å². The summed E-state index contributed by atoms with van der Waals surface area (Å²) in [6.07, 6.45) is 0.801. The van der Waals surface area contributed by atoms with Gasteiger partial charge in [0, 0.05) is 24.4 Å². The van der Waals surface area contributed by atoms with Gasteiger partial charge in [-0.3, -0.25) is 0 Å². The molecule has 0 aromatic carbocycles. The van der Waals surface area contributed by atoms with Gasteiger partial charge in [0.25, 0.3) is 0 Å². The van der Waals surface area contributed by atoms with Crippen LogP contribution in [0.4, 0.5) is 0 Å². The largest absolute Gasteiger partial charge is 0.346 e. The highest BCUT2D eigenvalue weighted by Gasteiger charge is 2.43. The van der Waals surface area contributed by atoms with Crippen LogP contribution in [0.15, 0.2) is 5.11 Å². The first kappa shape index (κ1) is 8.77. The summed E-state index contributed by atoms with van der Waals surface area (Å²) >= 11 is 0. The standard InChI is InChI=1S/C7H12N4O2/c8-11-10-3-6-4-12-7(13-6)1-2-9-5-7/h6,9H,1-5H2. The van der Waals surface area contributed by atoms with E-state index in [0.717, 1.165) is 19.5 Å². The van der Waals surface area contributed by atoms with Gasteiger partial charge >= 0.3 is 0 Å². The Morgan fingerprint density at radius 3 is 3.31 bits per heavy atom. The normalized spacial score (nSPS) is 38.0. The Morgan fingerprint density at radius 2 is 2.62 bits per heavy atom. The average Bonchev–Trinajstić information content (AvgIpc) is 2.74. The summed E-state index contributed by atoms with van der Waals surface area (Å²) < 4.78 is 11.2. The van der Waals surface area contributed by atoms with Crippen LogP contribution >= 0.6 is 0 Å². The molecule has 6 heteroatoms. The van der Waals surface area contributed by atoms with Crippen molar-refractivity contribution in [1.29, 1.82) is 0 Å². The zero-order valence-corrected chi connectivity index (χ0v) is 7.27. The lowest BCUT2D eigenvalue weighted by Gasteiger charge is -2.20. The molecule has 1 spiro atoms. The Balaban J connectivity index is 1.89. The zero-order valence-electron chi connectivity index (χ0n) is 7.27. The fourth-order valence-corrected chi connectivity index (χ4v) is 1.70. The second-order valence-electron chi connectivity index (χ2n) is 3.30.